The van der Waals surface area contributed by atoms with Crippen molar-refractivity contribution in [3.8, 4) is 22.5 Å². The van der Waals surface area contributed by atoms with Gasteiger partial charge in [0.2, 0.25) is 0 Å². The number of rotatable bonds is 5. The smallest absolute Gasteiger partial charge is 0.263 e. The maximum Gasteiger partial charge on any atom is 0.263 e. The third-order valence-corrected chi connectivity index (χ3v) is 5.76. The van der Waals surface area contributed by atoms with Gasteiger partial charge in [0, 0.05) is 23.6 Å². The molecule has 0 N–H and O–H groups in total. The predicted octanol–water partition coefficient (Wildman–Crippen LogP) is 5.06. The molecule has 0 aliphatic carbocycles. The van der Waals surface area contributed by atoms with Crippen LogP contribution in [0.4, 0.5) is 0 Å². The number of aromatic nitrogens is 2. The van der Waals surface area contributed by atoms with Crippen LogP contribution in [0.5, 0.6) is 0 Å². The molecule has 2 aromatic heterocycles. The molecule has 0 aliphatic rings. The summed E-state index contributed by atoms with van der Waals surface area (Å²) in [6.45, 7) is 5.02. The summed E-state index contributed by atoms with van der Waals surface area (Å²) in [5.41, 5.74) is 5.27. The Kier molecular flexibility index (Phi) is 5.11. The average molecular weight is 391 g/mol. The number of hydrogen-bond acceptors (Lipinski definition) is 4. The lowest BCUT2D eigenvalue weighted by atomic mass is 10.0. The first-order chi connectivity index (χ1) is 13.6. The summed E-state index contributed by atoms with van der Waals surface area (Å²) in [5, 5.41) is 2.71. The molecule has 0 unspecified atom stereocenters. The highest BCUT2D eigenvalue weighted by molar-refractivity contribution is 7.17. The molecule has 4 aromatic rings. The Morgan fingerprint density at radius 3 is 2.18 bits per heavy atom. The third kappa shape index (κ3) is 3.39. The molecule has 142 valence electrons. The molecule has 0 radical (unpaired) electrons. The summed E-state index contributed by atoms with van der Waals surface area (Å²) in [6, 6.07) is 16.4. The summed E-state index contributed by atoms with van der Waals surface area (Å²) >= 11 is 1.52. The maximum absolute atomic E-state index is 13.5. The maximum atomic E-state index is 13.5. The largest absolute Gasteiger partial charge is 0.383 e. The number of benzene rings is 2. The SMILES string of the molecule is COCCn1c(-c2ccc(C)cc2)nc2scc(-c3ccc(C)cc3)c2c1=O. The van der Waals surface area contributed by atoms with Crippen LogP contribution in [-0.2, 0) is 11.3 Å². The number of hydrogen-bond donors (Lipinski definition) is 0. The molecule has 4 nitrogen and oxygen atoms in total. The van der Waals surface area contributed by atoms with Crippen molar-refractivity contribution in [2.45, 2.75) is 20.4 Å². The van der Waals surface area contributed by atoms with Crippen LogP contribution in [0.25, 0.3) is 32.7 Å². The topological polar surface area (TPSA) is 44.1 Å². The predicted molar refractivity (Wildman–Crippen MR) is 116 cm³/mol. The molecule has 28 heavy (non-hydrogen) atoms. The first-order valence-electron chi connectivity index (χ1n) is 9.23. The third-order valence-electron chi connectivity index (χ3n) is 4.89. The Morgan fingerprint density at radius 1 is 0.964 bits per heavy atom. The van der Waals surface area contributed by atoms with Gasteiger partial charge in [-0.25, -0.2) is 4.98 Å². The van der Waals surface area contributed by atoms with E-state index in [9.17, 15) is 4.79 Å². The second-order valence-electron chi connectivity index (χ2n) is 6.95. The lowest BCUT2D eigenvalue weighted by molar-refractivity contribution is 0.186. The number of ether oxygens (including phenoxy) is 1. The zero-order valence-corrected chi connectivity index (χ0v) is 17.0. The van der Waals surface area contributed by atoms with E-state index >= 15 is 0 Å². The molecule has 0 fully saturated rings. The van der Waals surface area contributed by atoms with E-state index in [-0.39, 0.29) is 5.56 Å². The van der Waals surface area contributed by atoms with Gasteiger partial charge in [0.1, 0.15) is 10.7 Å². The molecule has 0 atom stereocenters. The van der Waals surface area contributed by atoms with Crippen molar-refractivity contribution < 1.29 is 4.74 Å². The number of fused-ring (bicyclic) bond motifs is 1. The Bertz CT molecular complexity index is 1170. The van der Waals surface area contributed by atoms with Gasteiger partial charge in [0.15, 0.2) is 0 Å². The Morgan fingerprint density at radius 2 is 1.57 bits per heavy atom. The van der Waals surface area contributed by atoms with Gasteiger partial charge in [0.25, 0.3) is 5.56 Å². The van der Waals surface area contributed by atoms with E-state index in [1.807, 2.05) is 36.6 Å². The zero-order valence-electron chi connectivity index (χ0n) is 16.2. The van der Waals surface area contributed by atoms with E-state index in [4.69, 9.17) is 9.72 Å². The minimum Gasteiger partial charge on any atom is -0.383 e. The van der Waals surface area contributed by atoms with Gasteiger partial charge in [-0.1, -0.05) is 59.7 Å². The molecule has 4 rings (SSSR count). The van der Waals surface area contributed by atoms with Gasteiger partial charge in [-0.2, -0.15) is 0 Å². The molecule has 2 aromatic carbocycles. The number of methoxy groups -OCH3 is 1. The number of nitrogens with zero attached hydrogens (tertiary/aromatic N) is 2. The fourth-order valence-electron chi connectivity index (χ4n) is 3.28. The van der Waals surface area contributed by atoms with E-state index in [2.05, 4.69) is 31.2 Å². The van der Waals surface area contributed by atoms with E-state index in [1.165, 1.54) is 22.5 Å². The first-order valence-corrected chi connectivity index (χ1v) is 10.1. The average Bonchev–Trinajstić information content (AvgIpc) is 3.13. The van der Waals surface area contributed by atoms with Crippen LogP contribution in [0.15, 0.2) is 58.7 Å². The molecule has 5 heteroatoms. The fraction of sp³-hybridized carbons (Fsp3) is 0.217. The molecule has 0 spiro atoms. The van der Waals surface area contributed by atoms with Gasteiger partial charge in [0.05, 0.1) is 18.5 Å². The zero-order chi connectivity index (χ0) is 19.7. The van der Waals surface area contributed by atoms with Crippen molar-refractivity contribution in [3.05, 3.63) is 75.4 Å². The minimum absolute atomic E-state index is 0.0190. The first kappa shape index (κ1) is 18.6. The van der Waals surface area contributed by atoms with Crippen molar-refractivity contribution in [3.63, 3.8) is 0 Å². The van der Waals surface area contributed by atoms with Crippen molar-refractivity contribution in [1.29, 1.82) is 0 Å². The van der Waals surface area contributed by atoms with Gasteiger partial charge in [-0.3, -0.25) is 9.36 Å². The molecule has 0 bridgehead atoms. The van der Waals surface area contributed by atoms with Crippen molar-refractivity contribution >= 4 is 21.6 Å². The van der Waals surface area contributed by atoms with Crippen molar-refractivity contribution in [2.75, 3.05) is 13.7 Å². The minimum atomic E-state index is -0.0190. The van der Waals surface area contributed by atoms with E-state index in [1.54, 1.807) is 11.7 Å². The van der Waals surface area contributed by atoms with Crippen molar-refractivity contribution in [2.24, 2.45) is 0 Å². The van der Waals surface area contributed by atoms with E-state index in [0.717, 1.165) is 21.5 Å². The van der Waals surface area contributed by atoms with Crippen LogP contribution in [0.2, 0.25) is 0 Å². The second kappa shape index (κ2) is 7.70. The van der Waals surface area contributed by atoms with Crippen molar-refractivity contribution in [1.82, 2.24) is 9.55 Å². The second-order valence-corrected chi connectivity index (χ2v) is 7.80. The number of aryl methyl sites for hydroxylation is 2. The molecule has 0 amide bonds. The summed E-state index contributed by atoms with van der Waals surface area (Å²) < 4.78 is 6.98. The van der Waals surface area contributed by atoms with Crippen LogP contribution >= 0.6 is 11.3 Å². The summed E-state index contributed by atoms with van der Waals surface area (Å²) in [4.78, 5) is 19.1. The van der Waals surface area contributed by atoms with Gasteiger partial charge < -0.3 is 4.74 Å². The van der Waals surface area contributed by atoms with Crippen LogP contribution in [0, 0.1) is 13.8 Å². The Labute approximate surface area is 168 Å². The van der Waals surface area contributed by atoms with Crippen LogP contribution < -0.4 is 5.56 Å². The fourth-order valence-corrected chi connectivity index (χ4v) is 4.22. The van der Waals surface area contributed by atoms with Crippen LogP contribution in [-0.4, -0.2) is 23.3 Å². The highest BCUT2D eigenvalue weighted by atomic mass is 32.1. The van der Waals surface area contributed by atoms with Crippen LogP contribution in [0.1, 0.15) is 11.1 Å². The standard InChI is InChI=1S/C23H22N2O2S/c1-15-4-8-17(9-5-15)19-14-28-22-20(19)23(26)25(12-13-27-3)21(24-22)18-10-6-16(2)7-11-18/h4-11,14H,12-13H2,1-3H3. The molecule has 0 saturated heterocycles. The summed E-state index contributed by atoms with van der Waals surface area (Å²) in [7, 11) is 1.64. The van der Waals surface area contributed by atoms with E-state index in [0.29, 0.717) is 24.4 Å². The molecular weight excluding hydrogens is 368 g/mol. The Hall–Kier alpha value is -2.76. The highest BCUT2D eigenvalue weighted by Gasteiger charge is 2.18. The molecule has 0 saturated carbocycles. The monoisotopic (exact) mass is 390 g/mol. The van der Waals surface area contributed by atoms with E-state index < -0.39 is 0 Å². The summed E-state index contributed by atoms with van der Waals surface area (Å²) in [6.07, 6.45) is 0. The van der Waals surface area contributed by atoms with Crippen LogP contribution in [0.3, 0.4) is 0 Å². The molecule has 0 aliphatic heterocycles. The van der Waals surface area contributed by atoms with Gasteiger partial charge in [-0.15, -0.1) is 11.3 Å². The lowest BCUT2D eigenvalue weighted by Crippen LogP contribution is -2.25. The normalized spacial score (nSPS) is 11.2. The molecular formula is C23H22N2O2S. The number of thiophene rings is 1. The van der Waals surface area contributed by atoms with Gasteiger partial charge >= 0.3 is 0 Å². The highest BCUT2D eigenvalue weighted by Crippen LogP contribution is 2.32. The summed E-state index contributed by atoms with van der Waals surface area (Å²) in [5.74, 6) is 0.687. The quantitative estimate of drug-likeness (QED) is 0.479. The molecule has 2 heterocycles. The van der Waals surface area contributed by atoms with Gasteiger partial charge in [-0.05, 0) is 19.4 Å². The lowest BCUT2D eigenvalue weighted by Gasteiger charge is -2.13. The Balaban J connectivity index is 1.95.